The topological polar surface area (TPSA) is 59.2 Å². The summed E-state index contributed by atoms with van der Waals surface area (Å²) in [6.45, 7) is 0. The van der Waals surface area contributed by atoms with Crippen LogP contribution in [0, 0.1) is 5.92 Å². The summed E-state index contributed by atoms with van der Waals surface area (Å²) in [5.74, 6) is 1.70. The molecule has 1 unspecified atom stereocenters. The Morgan fingerprint density at radius 3 is 2.67 bits per heavy atom. The van der Waals surface area contributed by atoms with E-state index in [1.165, 1.54) is 18.4 Å². The van der Waals surface area contributed by atoms with Gasteiger partial charge in [-0.1, -0.05) is 48.3 Å². The average molecular weight is 286 g/mol. The summed E-state index contributed by atoms with van der Waals surface area (Å²) >= 11 is 0. The average Bonchev–Trinajstić information content (AvgIpc) is 3.18. The zero-order valence-corrected chi connectivity index (χ0v) is 12.2. The molecule has 1 aliphatic carbocycles. The standard InChI is InChI=1S/C17H22N2O2/c20-15(14-8-4-5-9-14)12-17-18-16(19-21-17)11-10-13-6-2-1-3-7-13/h1-3,6-7,14-15,20H,4-5,8-12H2. The van der Waals surface area contributed by atoms with E-state index in [0.717, 1.165) is 31.5 Å². The summed E-state index contributed by atoms with van der Waals surface area (Å²) in [7, 11) is 0. The molecule has 1 aromatic carbocycles. The van der Waals surface area contributed by atoms with Crippen molar-refractivity contribution < 1.29 is 9.63 Å². The van der Waals surface area contributed by atoms with Gasteiger partial charge >= 0.3 is 0 Å². The number of aryl methyl sites for hydroxylation is 2. The van der Waals surface area contributed by atoms with Gasteiger partial charge in [-0.05, 0) is 30.7 Å². The third-order valence-corrected chi connectivity index (χ3v) is 4.32. The molecule has 1 N–H and O–H groups in total. The van der Waals surface area contributed by atoms with Gasteiger partial charge in [0.15, 0.2) is 5.82 Å². The Morgan fingerprint density at radius 1 is 1.14 bits per heavy atom. The number of nitrogens with zero attached hydrogens (tertiary/aromatic N) is 2. The monoisotopic (exact) mass is 286 g/mol. The maximum atomic E-state index is 10.2. The fourth-order valence-electron chi connectivity index (χ4n) is 3.06. The van der Waals surface area contributed by atoms with Crippen molar-refractivity contribution in [3.05, 3.63) is 47.6 Å². The third-order valence-electron chi connectivity index (χ3n) is 4.32. The lowest BCUT2D eigenvalue weighted by molar-refractivity contribution is 0.102. The Bertz CT molecular complexity index is 547. The van der Waals surface area contributed by atoms with Crippen LogP contribution in [-0.2, 0) is 19.3 Å². The molecule has 0 spiro atoms. The van der Waals surface area contributed by atoms with E-state index in [1.807, 2.05) is 18.2 Å². The molecule has 0 aliphatic heterocycles. The quantitative estimate of drug-likeness (QED) is 0.887. The molecule has 21 heavy (non-hydrogen) atoms. The zero-order chi connectivity index (χ0) is 14.5. The van der Waals surface area contributed by atoms with Crippen LogP contribution in [0.5, 0.6) is 0 Å². The van der Waals surface area contributed by atoms with Crippen LogP contribution in [0.4, 0.5) is 0 Å². The number of hydrogen-bond acceptors (Lipinski definition) is 4. The van der Waals surface area contributed by atoms with Gasteiger partial charge in [-0.2, -0.15) is 4.98 Å². The first-order valence-corrected chi connectivity index (χ1v) is 7.85. The van der Waals surface area contributed by atoms with Gasteiger partial charge in [0.2, 0.25) is 5.89 Å². The summed E-state index contributed by atoms with van der Waals surface area (Å²) in [4.78, 5) is 4.40. The molecule has 0 amide bonds. The highest BCUT2D eigenvalue weighted by atomic mass is 16.5. The fraction of sp³-hybridized carbons (Fsp3) is 0.529. The highest BCUT2D eigenvalue weighted by Crippen LogP contribution is 2.28. The van der Waals surface area contributed by atoms with Crippen LogP contribution >= 0.6 is 0 Å². The van der Waals surface area contributed by atoms with Gasteiger partial charge in [0, 0.05) is 6.42 Å². The number of rotatable bonds is 6. The lowest BCUT2D eigenvalue weighted by atomic mass is 9.98. The van der Waals surface area contributed by atoms with Crippen molar-refractivity contribution >= 4 is 0 Å². The van der Waals surface area contributed by atoms with Gasteiger partial charge in [-0.3, -0.25) is 0 Å². The highest BCUT2D eigenvalue weighted by Gasteiger charge is 2.25. The maximum Gasteiger partial charge on any atom is 0.229 e. The fourth-order valence-corrected chi connectivity index (χ4v) is 3.06. The van der Waals surface area contributed by atoms with Crippen molar-refractivity contribution in [3.63, 3.8) is 0 Å². The molecule has 0 saturated heterocycles. The van der Waals surface area contributed by atoms with E-state index < -0.39 is 0 Å². The van der Waals surface area contributed by atoms with Crippen LogP contribution in [0.3, 0.4) is 0 Å². The predicted molar refractivity (Wildman–Crippen MR) is 79.8 cm³/mol. The van der Waals surface area contributed by atoms with E-state index in [1.54, 1.807) is 0 Å². The van der Waals surface area contributed by atoms with E-state index >= 15 is 0 Å². The lowest BCUT2D eigenvalue weighted by Crippen LogP contribution is -2.20. The summed E-state index contributed by atoms with van der Waals surface area (Å²) in [5.41, 5.74) is 1.27. The zero-order valence-electron chi connectivity index (χ0n) is 12.2. The number of aliphatic hydroxyl groups is 1. The molecule has 1 saturated carbocycles. The van der Waals surface area contributed by atoms with Gasteiger partial charge in [0.25, 0.3) is 0 Å². The second-order valence-corrected chi connectivity index (χ2v) is 5.91. The minimum atomic E-state index is -0.338. The van der Waals surface area contributed by atoms with E-state index in [9.17, 15) is 5.11 Å². The Balaban J connectivity index is 1.51. The summed E-state index contributed by atoms with van der Waals surface area (Å²) in [6.07, 6.45) is 6.53. The Morgan fingerprint density at radius 2 is 1.90 bits per heavy atom. The minimum Gasteiger partial charge on any atom is -0.392 e. The van der Waals surface area contributed by atoms with Crippen LogP contribution in [-0.4, -0.2) is 21.4 Å². The number of benzene rings is 1. The van der Waals surface area contributed by atoms with E-state index in [-0.39, 0.29) is 6.10 Å². The molecule has 2 aromatic rings. The first-order chi connectivity index (χ1) is 10.3. The van der Waals surface area contributed by atoms with Gasteiger partial charge in [0.1, 0.15) is 0 Å². The van der Waals surface area contributed by atoms with Crippen molar-refractivity contribution in [1.82, 2.24) is 10.1 Å². The lowest BCUT2D eigenvalue weighted by Gasteiger charge is -2.14. The Hall–Kier alpha value is -1.68. The molecule has 1 fully saturated rings. The van der Waals surface area contributed by atoms with Crippen molar-refractivity contribution in [3.8, 4) is 0 Å². The van der Waals surface area contributed by atoms with Gasteiger partial charge < -0.3 is 9.63 Å². The molecule has 1 atom stereocenters. The van der Waals surface area contributed by atoms with Crippen LogP contribution in [0.2, 0.25) is 0 Å². The summed E-state index contributed by atoms with van der Waals surface area (Å²) in [5, 5.41) is 14.2. The largest absolute Gasteiger partial charge is 0.392 e. The summed E-state index contributed by atoms with van der Waals surface area (Å²) < 4.78 is 5.26. The third kappa shape index (κ3) is 3.91. The first-order valence-electron chi connectivity index (χ1n) is 7.85. The van der Waals surface area contributed by atoms with E-state index in [2.05, 4.69) is 22.3 Å². The summed E-state index contributed by atoms with van der Waals surface area (Å²) in [6, 6.07) is 10.3. The first kappa shape index (κ1) is 14.3. The SMILES string of the molecule is OC(Cc1nc(CCc2ccccc2)no1)C1CCCC1. The molecule has 1 heterocycles. The van der Waals surface area contributed by atoms with Gasteiger partial charge in [-0.25, -0.2) is 0 Å². The maximum absolute atomic E-state index is 10.2. The van der Waals surface area contributed by atoms with Gasteiger partial charge in [0.05, 0.1) is 12.5 Å². The van der Waals surface area contributed by atoms with Crippen molar-refractivity contribution in [2.24, 2.45) is 5.92 Å². The second kappa shape index (κ2) is 6.85. The normalized spacial score (nSPS) is 17.2. The van der Waals surface area contributed by atoms with E-state index in [4.69, 9.17) is 4.52 Å². The number of hydrogen-bond donors (Lipinski definition) is 1. The second-order valence-electron chi connectivity index (χ2n) is 5.91. The smallest absolute Gasteiger partial charge is 0.229 e. The molecular weight excluding hydrogens is 264 g/mol. The number of aliphatic hydroxyl groups excluding tert-OH is 1. The molecule has 1 aromatic heterocycles. The van der Waals surface area contributed by atoms with Crippen LogP contribution in [0.15, 0.2) is 34.9 Å². The van der Waals surface area contributed by atoms with Crippen LogP contribution in [0.25, 0.3) is 0 Å². The molecule has 3 rings (SSSR count). The van der Waals surface area contributed by atoms with Crippen LogP contribution in [0.1, 0.15) is 43.0 Å². The van der Waals surface area contributed by atoms with Crippen LogP contribution < -0.4 is 0 Å². The molecule has 1 aliphatic rings. The van der Waals surface area contributed by atoms with Crippen molar-refractivity contribution in [2.45, 2.75) is 51.0 Å². The predicted octanol–water partition coefficient (Wildman–Crippen LogP) is 2.95. The molecule has 4 heteroatoms. The molecular formula is C17H22N2O2. The highest BCUT2D eigenvalue weighted by molar-refractivity contribution is 5.15. The Kier molecular flexibility index (Phi) is 4.65. The molecule has 0 bridgehead atoms. The minimum absolute atomic E-state index is 0.338. The van der Waals surface area contributed by atoms with Gasteiger partial charge in [-0.15, -0.1) is 0 Å². The Labute approximate surface area is 125 Å². The molecule has 112 valence electrons. The number of aromatic nitrogens is 2. The van der Waals surface area contributed by atoms with E-state index in [0.29, 0.717) is 18.2 Å². The van der Waals surface area contributed by atoms with Crippen molar-refractivity contribution in [1.29, 1.82) is 0 Å². The van der Waals surface area contributed by atoms with Crippen molar-refractivity contribution in [2.75, 3.05) is 0 Å². The molecule has 4 nitrogen and oxygen atoms in total. The molecule has 0 radical (unpaired) electrons.